The van der Waals surface area contributed by atoms with E-state index < -0.39 is 34.9 Å². The summed E-state index contributed by atoms with van der Waals surface area (Å²) < 4.78 is 46.7. The van der Waals surface area contributed by atoms with Crippen LogP contribution in [0.2, 0.25) is 0 Å². The lowest BCUT2D eigenvalue weighted by molar-refractivity contribution is -0.201. The van der Waals surface area contributed by atoms with Crippen molar-refractivity contribution in [3.63, 3.8) is 0 Å². The smallest absolute Gasteiger partial charge is 0.416 e. The standard InChI is InChI=1S/C38H41F3N2O4/c1-24(2)23-43(32(45)14-11-26-9-6-10-28(21-26)38(39,40)41)29-15-17-37(46)31-22-27-12-13-30(44)34-33(27)36(37,35(29)47-34)18-20-42(31)19-16-25-7-4-3-5-8-25/h3-14,21,24,29,31,35,44,46H,15-20,22-23H2,1-2H3/b14-11+/t29?,31-,35?,36+,37-/m1/s1. The Labute approximate surface area is 273 Å². The highest BCUT2D eigenvalue weighted by atomic mass is 19.4. The van der Waals surface area contributed by atoms with Crippen molar-refractivity contribution in [2.75, 3.05) is 19.6 Å². The summed E-state index contributed by atoms with van der Waals surface area (Å²) in [6, 6.07) is 18.3. The quantitative estimate of drug-likeness (QED) is 0.278. The van der Waals surface area contributed by atoms with Crippen molar-refractivity contribution < 1.29 is 32.9 Å². The molecule has 3 aromatic carbocycles. The Hall–Kier alpha value is -3.82. The molecule has 1 saturated heterocycles. The number of likely N-dealkylation sites (tertiary alicyclic amines) is 1. The number of aliphatic hydroxyl groups is 1. The summed E-state index contributed by atoms with van der Waals surface area (Å²) in [5.74, 6) is 0.223. The Kier molecular flexibility index (Phi) is 7.91. The van der Waals surface area contributed by atoms with Crippen molar-refractivity contribution in [3.8, 4) is 11.5 Å². The molecule has 2 bridgehead atoms. The van der Waals surface area contributed by atoms with Crippen LogP contribution < -0.4 is 4.74 Å². The number of amides is 1. The van der Waals surface area contributed by atoms with Crippen molar-refractivity contribution >= 4 is 12.0 Å². The van der Waals surface area contributed by atoms with E-state index in [0.29, 0.717) is 38.0 Å². The van der Waals surface area contributed by atoms with Gasteiger partial charge in [-0.15, -0.1) is 0 Å². The summed E-state index contributed by atoms with van der Waals surface area (Å²) in [5, 5.41) is 24.0. The SMILES string of the molecule is CC(C)CN(C(=O)/C=C/c1cccc(C(F)(F)F)c1)C1CC[C@@]2(O)[C@H]3Cc4ccc(O)c5c4[C@@]2(CCN3CCc2ccccc2)C1O5. The van der Waals surface area contributed by atoms with Gasteiger partial charge in [0.25, 0.3) is 0 Å². The zero-order valence-electron chi connectivity index (χ0n) is 26.7. The number of phenolic OH excluding ortho intramolecular Hbond substituents is 1. The summed E-state index contributed by atoms with van der Waals surface area (Å²) >= 11 is 0. The molecule has 2 heterocycles. The van der Waals surface area contributed by atoms with Gasteiger partial charge in [-0.2, -0.15) is 13.2 Å². The molecular formula is C38H41F3N2O4. The van der Waals surface area contributed by atoms with E-state index in [-0.39, 0.29) is 29.2 Å². The molecule has 2 fully saturated rings. The number of nitrogens with zero attached hydrogens (tertiary/aromatic N) is 2. The number of carbonyl (C=O) groups excluding carboxylic acids is 1. The third-order valence-electron chi connectivity index (χ3n) is 10.9. The Morgan fingerprint density at radius 1 is 1.11 bits per heavy atom. The maximum absolute atomic E-state index is 14.0. The van der Waals surface area contributed by atoms with Crippen LogP contribution in [0.1, 0.15) is 60.9 Å². The number of phenols is 1. The summed E-state index contributed by atoms with van der Waals surface area (Å²) in [5.41, 5.74) is 0.755. The summed E-state index contributed by atoms with van der Waals surface area (Å²) in [6.07, 6.45) is 0.773. The van der Waals surface area contributed by atoms with Crippen LogP contribution in [0.5, 0.6) is 11.5 Å². The molecule has 4 aliphatic rings. The van der Waals surface area contributed by atoms with Crippen molar-refractivity contribution in [3.05, 3.63) is 101 Å². The maximum Gasteiger partial charge on any atom is 0.416 e. The molecule has 1 saturated carbocycles. The average molecular weight is 647 g/mol. The van der Waals surface area contributed by atoms with Gasteiger partial charge in [-0.05, 0) is 85.5 Å². The topological polar surface area (TPSA) is 73.2 Å². The van der Waals surface area contributed by atoms with Crippen LogP contribution in [-0.4, -0.2) is 69.3 Å². The summed E-state index contributed by atoms with van der Waals surface area (Å²) in [7, 11) is 0. The first-order chi connectivity index (χ1) is 22.4. The molecule has 1 amide bonds. The lowest BCUT2D eigenvalue weighted by Crippen LogP contribution is -2.78. The van der Waals surface area contributed by atoms with E-state index in [0.717, 1.165) is 42.8 Å². The van der Waals surface area contributed by atoms with E-state index in [1.165, 1.54) is 23.8 Å². The highest BCUT2D eigenvalue weighted by molar-refractivity contribution is 5.92. The molecule has 9 heteroatoms. The molecule has 6 nitrogen and oxygen atoms in total. The van der Waals surface area contributed by atoms with Gasteiger partial charge in [-0.25, -0.2) is 0 Å². The lowest BCUT2D eigenvalue weighted by atomic mass is 9.48. The second kappa shape index (κ2) is 11.7. The van der Waals surface area contributed by atoms with Crippen LogP contribution in [0.4, 0.5) is 13.2 Å². The van der Waals surface area contributed by atoms with Crippen molar-refractivity contribution in [2.45, 2.75) is 81.3 Å². The Morgan fingerprint density at radius 3 is 2.64 bits per heavy atom. The molecule has 5 atom stereocenters. The molecule has 248 valence electrons. The highest BCUT2D eigenvalue weighted by Crippen LogP contribution is 2.66. The van der Waals surface area contributed by atoms with Crippen LogP contribution in [0.3, 0.4) is 0 Å². The van der Waals surface area contributed by atoms with E-state index in [9.17, 15) is 28.2 Å². The molecule has 2 aliphatic heterocycles. The Bertz CT molecular complexity index is 1690. The normalized spacial score (nSPS) is 27.9. The molecule has 47 heavy (non-hydrogen) atoms. The van der Waals surface area contributed by atoms with Gasteiger partial charge >= 0.3 is 6.18 Å². The number of benzene rings is 3. The van der Waals surface area contributed by atoms with Crippen LogP contribution in [0.25, 0.3) is 6.08 Å². The molecule has 3 aromatic rings. The van der Waals surface area contributed by atoms with Crippen molar-refractivity contribution in [1.82, 2.24) is 9.80 Å². The minimum absolute atomic E-state index is 0.0322. The second-order valence-corrected chi connectivity index (χ2v) is 14.1. The predicted molar refractivity (Wildman–Crippen MR) is 173 cm³/mol. The van der Waals surface area contributed by atoms with Gasteiger partial charge in [-0.3, -0.25) is 9.69 Å². The van der Waals surface area contributed by atoms with Gasteiger partial charge in [0.1, 0.15) is 6.10 Å². The van der Waals surface area contributed by atoms with Crippen LogP contribution >= 0.6 is 0 Å². The zero-order valence-corrected chi connectivity index (χ0v) is 26.7. The summed E-state index contributed by atoms with van der Waals surface area (Å²) in [6.45, 7) is 6.00. The van der Waals surface area contributed by atoms with Gasteiger partial charge in [-0.1, -0.05) is 62.4 Å². The van der Waals surface area contributed by atoms with E-state index >= 15 is 0 Å². The fraction of sp³-hybridized carbons (Fsp3) is 0.447. The molecular weight excluding hydrogens is 605 g/mol. The first kappa shape index (κ1) is 31.8. The van der Waals surface area contributed by atoms with E-state index in [1.54, 1.807) is 17.0 Å². The van der Waals surface area contributed by atoms with Crippen LogP contribution in [0, 0.1) is 5.92 Å². The van der Waals surface area contributed by atoms with E-state index in [1.807, 2.05) is 38.1 Å². The van der Waals surface area contributed by atoms with Gasteiger partial charge in [0.05, 0.1) is 22.6 Å². The van der Waals surface area contributed by atoms with Gasteiger partial charge in [0.15, 0.2) is 11.5 Å². The molecule has 7 rings (SSSR count). The minimum atomic E-state index is -4.48. The number of aromatic hydroxyl groups is 1. The number of hydrogen-bond donors (Lipinski definition) is 2. The third kappa shape index (κ3) is 5.22. The largest absolute Gasteiger partial charge is 0.504 e. The third-order valence-corrected chi connectivity index (χ3v) is 10.9. The van der Waals surface area contributed by atoms with Gasteiger partial charge in [0, 0.05) is 30.8 Å². The fourth-order valence-corrected chi connectivity index (χ4v) is 8.97. The average Bonchev–Trinajstić information content (AvgIpc) is 3.40. The Balaban J connectivity index is 1.23. The second-order valence-electron chi connectivity index (χ2n) is 14.1. The molecule has 0 aromatic heterocycles. The number of ether oxygens (including phenoxy) is 1. The number of alkyl halides is 3. The predicted octanol–water partition coefficient (Wildman–Crippen LogP) is 6.37. The van der Waals surface area contributed by atoms with Crippen molar-refractivity contribution in [2.24, 2.45) is 5.92 Å². The summed E-state index contributed by atoms with van der Waals surface area (Å²) in [4.78, 5) is 18.2. The van der Waals surface area contributed by atoms with Crippen LogP contribution in [0.15, 0.2) is 72.8 Å². The minimum Gasteiger partial charge on any atom is -0.504 e. The van der Waals surface area contributed by atoms with Gasteiger partial charge < -0.3 is 19.8 Å². The molecule has 2 N–H and O–H groups in total. The number of hydrogen-bond acceptors (Lipinski definition) is 5. The van der Waals surface area contributed by atoms with Gasteiger partial charge in [0.2, 0.25) is 5.91 Å². The fourth-order valence-electron chi connectivity index (χ4n) is 8.97. The molecule has 0 radical (unpaired) electrons. The molecule has 2 aliphatic carbocycles. The first-order valence-electron chi connectivity index (χ1n) is 16.6. The monoisotopic (exact) mass is 646 g/mol. The molecule has 1 spiro atoms. The number of halogens is 3. The number of rotatable bonds is 8. The highest BCUT2D eigenvalue weighted by Gasteiger charge is 2.73. The van der Waals surface area contributed by atoms with E-state index in [4.69, 9.17) is 4.74 Å². The van der Waals surface area contributed by atoms with Crippen LogP contribution in [-0.2, 0) is 29.2 Å². The first-order valence-corrected chi connectivity index (χ1v) is 16.6. The number of piperidine rings is 1. The lowest BCUT2D eigenvalue weighted by Gasteiger charge is -2.65. The van der Waals surface area contributed by atoms with E-state index in [2.05, 4.69) is 17.0 Å². The zero-order chi connectivity index (χ0) is 33.1. The number of carbonyl (C=O) groups is 1. The maximum atomic E-state index is 14.0. The molecule has 2 unspecified atom stereocenters. The van der Waals surface area contributed by atoms with Crippen molar-refractivity contribution in [1.29, 1.82) is 0 Å². The Morgan fingerprint density at radius 2 is 1.89 bits per heavy atom.